The van der Waals surface area contributed by atoms with Gasteiger partial charge in [-0.25, -0.2) is 0 Å². The van der Waals surface area contributed by atoms with Crippen LogP contribution in [-0.2, 0) is 6.42 Å². The van der Waals surface area contributed by atoms with Crippen LogP contribution >= 0.6 is 8.73 Å². The molecule has 2 unspecified atom stereocenters. The number of rotatable bonds is 4. The van der Waals surface area contributed by atoms with Crippen LogP contribution in [-0.4, -0.2) is 18.0 Å². The summed E-state index contributed by atoms with van der Waals surface area (Å²) < 4.78 is 0. The van der Waals surface area contributed by atoms with E-state index in [4.69, 9.17) is 0 Å². The Hall–Kier alpha value is -0.430. The molecule has 3 heteroatoms. The van der Waals surface area contributed by atoms with Crippen molar-refractivity contribution in [3.05, 3.63) is 35.9 Å². The van der Waals surface area contributed by atoms with Crippen LogP contribution in [0.1, 0.15) is 5.56 Å². The number of benzene rings is 1. The summed E-state index contributed by atoms with van der Waals surface area (Å²) in [7, 11) is 0.590. The van der Waals surface area contributed by atoms with E-state index in [2.05, 4.69) is 5.09 Å². The first kappa shape index (κ1) is 9.66. The average Bonchev–Trinajstić information content (AvgIpc) is 2.06. The van der Waals surface area contributed by atoms with E-state index >= 15 is 0 Å². The number of aliphatic hydroxyl groups is 1. The van der Waals surface area contributed by atoms with Gasteiger partial charge >= 0.3 is 0 Å². The number of aliphatic hydroxyl groups excluding tert-OH is 1. The fourth-order valence-electron chi connectivity index (χ4n) is 1.05. The molecule has 0 aliphatic rings. The van der Waals surface area contributed by atoms with Gasteiger partial charge in [0.1, 0.15) is 6.23 Å². The Morgan fingerprint density at radius 3 is 2.67 bits per heavy atom. The Morgan fingerprint density at radius 1 is 1.42 bits per heavy atom. The van der Waals surface area contributed by atoms with Crippen molar-refractivity contribution in [2.75, 3.05) is 6.66 Å². The van der Waals surface area contributed by atoms with Crippen LogP contribution in [0, 0.1) is 0 Å². The molecule has 2 N–H and O–H groups in total. The summed E-state index contributed by atoms with van der Waals surface area (Å²) in [6.45, 7) is 2.01. The summed E-state index contributed by atoms with van der Waals surface area (Å²) in [5.41, 5.74) is 1.16. The molecule has 0 amide bonds. The van der Waals surface area contributed by atoms with E-state index in [-0.39, 0.29) is 0 Å². The van der Waals surface area contributed by atoms with E-state index in [1.807, 2.05) is 37.0 Å². The van der Waals surface area contributed by atoms with E-state index in [9.17, 15) is 5.11 Å². The molecule has 0 aliphatic carbocycles. The lowest BCUT2D eigenvalue weighted by atomic mass is 10.1. The SMILES string of the molecule is CPNC(O)Cc1ccccc1. The van der Waals surface area contributed by atoms with Crippen LogP contribution in [0.15, 0.2) is 30.3 Å². The third-order valence-electron chi connectivity index (χ3n) is 1.58. The van der Waals surface area contributed by atoms with Gasteiger partial charge in [-0.2, -0.15) is 0 Å². The molecule has 0 heterocycles. The van der Waals surface area contributed by atoms with Gasteiger partial charge in [-0.3, -0.25) is 5.09 Å². The second-order valence-corrected chi connectivity index (χ2v) is 3.39. The smallest absolute Gasteiger partial charge is 0.112 e. The zero-order valence-electron chi connectivity index (χ0n) is 7.12. The first-order valence-corrected chi connectivity index (χ1v) is 5.47. The Kier molecular flexibility index (Phi) is 4.23. The van der Waals surface area contributed by atoms with Crippen LogP contribution < -0.4 is 5.09 Å². The van der Waals surface area contributed by atoms with Crippen molar-refractivity contribution in [3.8, 4) is 0 Å². The second kappa shape index (κ2) is 5.26. The first-order chi connectivity index (χ1) is 5.83. The fourth-order valence-corrected chi connectivity index (χ4v) is 1.49. The van der Waals surface area contributed by atoms with Gasteiger partial charge in [0.05, 0.1) is 0 Å². The van der Waals surface area contributed by atoms with E-state index in [0.717, 1.165) is 5.56 Å². The normalized spacial score (nSPS) is 13.8. The molecule has 1 rings (SSSR count). The van der Waals surface area contributed by atoms with Crippen molar-refractivity contribution in [2.45, 2.75) is 12.6 Å². The standard InChI is InChI=1S/C9H14NOP/c1-12-10-9(11)7-8-5-3-2-4-6-8/h2-6,9-12H,7H2,1H3. The minimum Gasteiger partial charge on any atom is -0.378 e. The molecule has 66 valence electrons. The Balaban J connectivity index is 2.41. The lowest BCUT2D eigenvalue weighted by Gasteiger charge is -2.10. The second-order valence-electron chi connectivity index (χ2n) is 2.60. The van der Waals surface area contributed by atoms with Crippen molar-refractivity contribution in [3.63, 3.8) is 0 Å². The van der Waals surface area contributed by atoms with E-state index in [0.29, 0.717) is 15.2 Å². The molecule has 2 atom stereocenters. The van der Waals surface area contributed by atoms with Crippen molar-refractivity contribution in [1.29, 1.82) is 0 Å². The third kappa shape index (κ3) is 3.31. The van der Waals surface area contributed by atoms with E-state index in [1.165, 1.54) is 0 Å². The molecule has 1 aromatic rings. The third-order valence-corrected chi connectivity index (χ3v) is 2.20. The summed E-state index contributed by atoms with van der Waals surface area (Å²) in [5.74, 6) is 0. The molecule has 0 radical (unpaired) electrons. The van der Waals surface area contributed by atoms with Crippen molar-refractivity contribution in [2.24, 2.45) is 0 Å². The van der Waals surface area contributed by atoms with E-state index in [1.54, 1.807) is 0 Å². The summed E-state index contributed by atoms with van der Waals surface area (Å²) in [6.07, 6.45) is 0.275. The summed E-state index contributed by atoms with van der Waals surface area (Å²) >= 11 is 0. The van der Waals surface area contributed by atoms with Gasteiger partial charge in [0.2, 0.25) is 0 Å². The van der Waals surface area contributed by atoms with Gasteiger partial charge < -0.3 is 5.11 Å². The first-order valence-electron chi connectivity index (χ1n) is 3.97. The number of hydrogen-bond donors (Lipinski definition) is 2. The molecule has 0 saturated heterocycles. The van der Waals surface area contributed by atoms with E-state index < -0.39 is 6.23 Å². The molecule has 1 aromatic carbocycles. The molecular weight excluding hydrogens is 169 g/mol. The largest absolute Gasteiger partial charge is 0.378 e. The van der Waals surface area contributed by atoms with Crippen LogP contribution in [0.25, 0.3) is 0 Å². The van der Waals surface area contributed by atoms with Crippen molar-refractivity contribution < 1.29 is 5.11 Å². The lowest BCUT2D eigenvalue weighted by molar-refractivity contribution is 0.166. The highest BCUT2D eigenvalue weighted by atomic mass is 31.1. The quantitative estimate of drug-likeness (QED) is 0.545. The monoisotopic (exact) mass is 183 g/mol. The summed E-state index contributed by atoms with van der Waals surface area (Å²) in [4.78, 5) is 0. The summed E-state index contributed by atoms with van der Waals surface area (Å²) in [5, 5.41) is 12.4. The molecule has 0 saturated carbocycles. The topological polar surface area (TPSA) is 32.3 Å². The maximum Gasteiger partial charge on any atom is 0.112 e. The van der Waals surface area contributed by atoms with Gasteiger partial charge in [-0.1, -0.05) is 39.1 Å². The molecule has 0 aromatic heterocycles. The molecule has 0 spiro atoms. The Labute approximate surface area is 74.8 Å². The highest BCUT2D eigenvalue weighted by Crippen LogP contribution is 2.04. The average molecular weight is 183 g/mol. The molecule has 2 nitrogen and oxygen atoms in total. The van der Waals surface area contributed by atoms with Crippen LogP contribution in [0.5, 0.6) is 0 Å². The van der Waals surface area contributed by atoms with Crippen molar-refractivity contribution in [1.82, 2.24) is 5.09 Å². The summed E-state index contributed by atoms with van der Waals surface area (Å²) in [6, 6.07) is 9.98. The van der Waals surface area contributed by atoms with Gasteiger partial charge in [0.15, 0.2) is 0 Å². The lowest BCUT2D eigenvalue weighted by Crippen LogP contribution is -2.23. The molecular formula is C9H14NOP. The maximum atomic E-state index is 9.40. The predicted molar refractivity (Wildman–Crippen MR) is 53.5 cm³/mol. The van der Waals surface area contributed by atoms with Gasteiger partial charge in [0.25, 0.3) is 0 Å². The van der Waals surface area contributed by atoms with Crippen LogP contribution in [0.2, 0.25) is 0 Å². The van der Waals surface area contributed by atoms with Gasteiger partial charge in [-0.15, -0.1) is 0 Å². The Bertz CT molecular complexity index is 215. The van der Waals surface area contributed by atoms with Crippen molar-refractivity contribution >= 4 is 8.73 Å². The fraction of sp³-hybridized carbons (Fsp3) is 0.333. The Morgan fingerprint density at radius 2 is 2.08 bits per heavy atom. The van der Waals surface area contributed by atoms with Crippen LogP contribution in [0.3, 0.4) is 0 Å². The maximum absolute atomic E-state index is 9.40. The zero-order chi connectivity index (χ0) is 8.81. The molecule has 0 bridgehead atoms. The zero-order valence-corrected chi connectivity index (χ0v) is 8.12. The molecule has 0 fully saturated rings. The number of hydrogen-bond acceptors (Lipinski definition) is 2. The molecule has 12 heavy (non-hydrogen) atoms. The minimum atomic E-state index is -0.407. The van der Waals surface area contributed by atoms with Gasteiger partial charge in [0, 0.05) is 6.42 Å². The highest BCUT2D eigenvalue weighted by molar-refractivity contribution is 7.34. The highest BCUT2D eigenvalue weighted by Gasteiger charge is 2.01. The minimum absolute atomic E-state index is 0.407. The predicted octanol–water partition coefficient (Wildman–Crippen LogP) is 1.36. The molecule has 0 aliphatic heterocycles. The van der Waals surface area contributed by atoms with Crippen LogP contribution in [0.4, 0.5) is 0 Å². The number of nitrogens with one attached hydrogen (secondary N) is 1. The van der Waals surface area contributed by atoms with Gasteiger partial charge in [-0.05, 0) is 12.2 Å².